The zero-order valence-corrected chi connectivity index (χ0v) is 16.5. The van der Waals surface area contributed by atoms with Crippen LogP contribution in [0, 0.1) is 6.92 Å². The number of anilines is 1. The molecule has 3 aromatic carbocycles. The Morgan fingerprint density at radius 2 is 1.63 bits per heavy atom. The van der Waals surface area contributed by atoms with Crippen LogP contribution in [-0.2, 0) is 16.0 Å². The summed E-state index contributed by atoms with van der Waals surface area (Å²) < 4.78 is 5.71. The molecule has 5 nitrogen and oxygen atoms in total. The van der Waals surface area contributed by atoms with Crippen molar-refractivity contribution in [1.29, 1.82) is 0 Å². The Labute approximate surface area is 174 Å². The summed E-state index contributed by atoms with van der Waals surface area (Å²) >= 11 is 0. The minimum atomic E-state index is -1.03. The fourth-order valence-corrected chi connectivity index (χ4v) is 4.67. The normalized spacial score (nSPS) is 16.7. The van der Waals surface area contributed by atoms with Gasteiger partial charge in [-0.2, -0.15) is 0 Å². The SMILES string of the molecule is Cc1ccc2c(c1)CC(C(=O)O)N2C(=O)OCC1c2ccccc2-c2ccccc21. The summed E-state index contributed by atoms with van der Waals surface area (Å²) in [7, 11) is 0. The standard InChI is InChI=1S/C25H21NO4/c1-15-10-11-22-16(12-15)13-23(24(27)28)26(22)25(29)30-14-21-19-8-4-2-6-17(19)18-7-3-5-9-20(18)21/h2-12,21,23H,13-14H2,1H3,(H,27,28). The lowest BCUT2D eigenvalue weighted by Crippen LogP contribution is -2.43. The number of benzene rings is 3. The molecule has 1 unspecified atom stereocenters. The fraction of sp³-hybridized carbons (Fsp3) is 0.200. The van der Waals surface area contributed by atoms with Gasteiger partial charge < -0.3 is 9.84 Å². The molecule has 0 saturated heterocycles. The number of aliphatic carboxylic acids is 1. The molecule has 0 spiro atoms. The van der Waals surface area contributed by atoms with Crippen molar-refractivity contribution in [3.63, 3.8) is 0 Å². The van der Waals surface area contributed by atoms with Crippen LogP contribution in [0.5, 0.6) is 0 Å². The minimum Gasteiger partial charge on any atom is -0.480 e. The number of aryl methyl sites for hydroxylation is 1. The number of rotatable bonds is 3. The van der Waals surface area contributed by atoms with Gasteiger partial charge in [-0.1, -0.05) is 66.2 Å². The molecule has 0 aromatic heterocycles. The van der Waals surface area contributed by atoms with Gasteiger partial charge in [0.15, 0.2) is 0 Å². The number of nitrogens with zero attached hydrogens (tertiary/aromatic N) is 1. The van der Waals surface area contributed by atoms with Crippen molar-refractivity contribution in [2.24, 2.45) is 0 Å². The summed E-state index contributed by atoms with van der Waals surface area (Å²) in [6, 6.07) is 20.9. The number of carbonyl (C=O) groups excluding carboxylic acids is 1. The molecule has 30 heavy (non-hydrogen) atoms. The van der Waals surface area contributed by atoms with E-state index in [1.807, 2.05) is 43.3 Å². The van der Waals surface area contributed by atoms with Gasteiger partial charge in [0, 0.05) is 12.3 Å². The molecule has 0 bridgehead atoms. The summed E-state index contributed by atoms with van der Waals surface area (Å²) in [5, 5.41) is 9.66. The minimum absolute atomic E-state index is 0.0651. The van der Waals surface area contributed by atoms with E-state index in [1.54, 1.807) is 6.07 Å². The first-order valence-corrected chi connectivity index (χ1v) is 10.0. The molecule has 1 atom stereocenters. The third kappa shape index (κ3) is 2.86. The number of ether oxygens (including phenoxy) is 1. The van der Waals surface area contributed by atoms with Gasteiger partial charge in [-0.15, -0.1) is 0 Å². The molecule has 0 saturated carbocycles. The van der Waals surface area contributed by atoms with Crippen molar-refractivity contribution >= 4 is 17.7 Å². The lowest BCUT2D eigenvalue weighted by atomic mass is 9.98. The monoisotopic (exact) mass is 399 g/mol. The Morgan fingerprint density at radius 1 is 1.00 bits per heavy atom. The van der Waals surface area contributed by atoms with Crippen LogP contribution in [0.2, 0.25) is 0 Å². The maximum atomic E-state index is 13.0. The molecule has 0 radical (unpaired) electrons. The van der Waals surface area contributed by atoms with Crippen LogP contribution in [0.4, 0.5) is 10.5 Å². The number of carboxylic acids is 1. The number of hydrogen-bond acceptors (Lipinski definition) is 3. The second-order valence-electron chi connectivity index (χ2n) is 7.86. The van der Waals surface area contributed by atoms with Crippen LogP contribution < -0.4 is 4.90 Å². The second kappa shape index (κ2) is 7.02. The Kier molecular flexibility index (Phi) is 4.31. The van der Waals surface area contributed by atoms with Crippen LogP contribution in [-0.4, -0.2) is 29.8 Å². The van der Waals surface area contributed by atoms with Crippen LogP contribution >= 0.6 is 0 Å². The van der Waals surface area contributed by atoms with Gasteiger partial charge in [0.2, 0.25) is 0 Å². The number of hydrogen-bond donors (Lipinski definition) is 1. The van der Waals surface area contributed by atoms with Crippen molar-refractivity contribution in [3.05, 3.63) is 89.0 Å². The zero-order chi connectivity index (χ0) is 20.8. The van der Waals surface area contributed by atoms with Crippen LogP contribution in [0.3, 0.4) is 0 Å². The molecule has 0 fully saturated rings. The Balaban J connectivity index is 1.42. The van der Waals surface area contributed by atoms with E-state index in [0.29, 0.717) is 5.69 Å². The highest BCUT2D eigenvalue weighted by molar-refractivity contribution is 5.98. The molecule has 1 aliphatic heterocycles. The van der Waals surface area contributed by atoms with Crippen LogP contribution in [0.25, 0.3) is 11.1 Å². The fourth-order valence-electron chi connectivity index (χ4n) is 4.67. The number of carbonyl (C=O) groups is 2. The Hall–Kier alpha value is -3.60. The summed E-state index contributed by atoms with van der Waals surface area (Å²) in [6.45, 7) is 2.11. The quantitative estimate of drug-likeness (QED) is 0.690. The number of fused-ring (bicyclic) bond motifs is 4. The van der Waals surface area contributed by atoms with Crippen molar-refractivity contribution < 1.29 is 19.4 Å². The summed E-state index contributed by atoms with van der Waals surface area (Å²) in [4.78, 5) is 26.1. The summed E-state index contributed by atoms with van der Waals surface area (Å²) in [6.07, 6.45) is -0.330. The van der Waals surface area contributed by atoms with Crippen molar-refractivity contribution in [2.75, 3.05) is 11.5 Å². The van der Waals surface area contributed by atoms with Gasteiger partial charge in [-0.05, 0) is 40.8 Å². The predicted molar refractivity (Wildman–Crippen MR) is 114 cm³/mol. The van der Waals surface area contributed by atoms with E-state index in [-0.39, 0.29) is 18.9 Å². The highest BCUT2D eigenvalue weighted by Gasteiger charge is 2.40. The van der Waals surface area contributed by atoms with Gasteiger partial charge in [-0.3, -0.25) is 4.90 Å². The Bertz CT molecular complexity index is 1120. The molecule has 1 amide bonds. The maximum Gasteiger partial charge on any atom is 0.415 e. The van der Waals surface area contributed by atoms with E-state index in [2.05, 4.69) is 24.3 Å². The van der Waals surface area contributed by atoms with Crippen molar-refractivity contribution in [1.82, 2.24) is 0 Å². The molecule has 2 aliphatic rings. The van der Waals surface area contributed by atoms with Gasteiger partial charge in [0.1, 0.15) is 12.6 Å². The average molecular weight is 399 g/mol. The van der Waals surface area contributed by atoms with Crippen LogP contribution in [0.1, 0.15) is 28.2 Å². The van der Waals surface area contributed by atoms with Gasteiger partial charge in [0.05, 0.1) is 5.69 Å². The van der Waals surface area contributed by atoms with Crippen LogP contribution in [0.15, 0.2) is 66.7 Å². The number of carboxylic acid groups (broad SMARTS) is 1. The molecule has 5 rings (SSSR count). The van der Waals surface area contributed by atoms with Crippen molar-refractivity contribution in [3.8, 4) is 11.1 Å². The number of amides is 1. The van der Waals surface area contributed by atoms with Gasteiger partial charge in [-0.25, -0.2) is 9.59 Å². The molecule has 150 valence electrons. The van der Waals surface area contributed by atoms with E-state index < -0.39 is 18.1 Å². The Morgan fingerprint density at radius 3 is 2.27 bits per heavy atom. The van der Waals surface area contributed by atoms with E-state index in [9.17, 15) is 14.7 Å². The highest BCUT2D eigenvalue weighted by atomic mass is 16.6. The van der Waals surface area contributed by atoms with Gasteiger partial charge >= 0.3 is 12.1 Å². The average Bonchev–Trinajstić information content (AvgIpc) is 3.28. The maximum absolute atomic E-state index is 13.0. The lowest BCUT2D eigenvalue weighted by molar-refractivity contribution is -0.138. The van der Waals surface area contributed by atoms with E-state index in [4.69, 9.17) is 4.74 Å². The first-order valence-electron chi connectivity index (χ1n) is 10.0. The molecular weight excluding hydrogens is 378 g/mol. The molecule has 5 heteroatoms. The first kappa shape index (κ1) is 18.4. The van der Waals surface area contributed by atoms with Gasteiger partial charge in [0.25, 0.3) is 0 Å². The molecular formula is C25H21NO4. The lowest BCUT2D eigenvalue weighted by Gasteiger charge is -2.23. The smallest absolute Gasteiger partial charge is 0.415 e. The zero-order valence-electron chi connectivity index (χ0n) is 16.5. The van der Waals surface area contributed by atoms with E-state index in [1.165, 1.54) is 4.90 Å². The molecule has 1 heterocycles. The molecule has 3 aromatic rings. The third-order valence-electron chi connectivity index (χ3n) is 6.04. The summed E-state index contributed by atoms with van der Waals surface area (Å²) in [5.74, 6) is -1.10. The topological polar surface area (TPSA) is 66.8 Å². The molecule has 1 aliphatic carbocycles. The van der Waals surface area contributed by atoms with Crippen molar-refractivity contribution in [2.45, 2.75) is 25.3 Å². The first-order chi connectivity index (χ1) is 14.5. The summed E-state index contributed by atoms with van der Waals surface area (Å²) in [5.41, 5.74) is 7.06. The van der Waals surface area contributed by atoms with E-state index in [0.717, 1.165) is 33.4 Å². The largest absolute Gasteiger partial charge is 0.480 e. The predicted octanol–water partition coefficient (Wildman–Crippen LogP) is 4.76. The third-order valence-corrected chi connectivity index (χ3v) is 6.04. The molecule has 1 N–H and O–H groups in total. The highest BCUT2D eigenvalue weighted by Crippen LogP contribution is 2.44. The van der Waals surface area contributed by atoms with E-state index >= 15 is 0 Å². The second-order valence-corrected chi connectivity index (χ2v) is 7.86.